The summed E-state index contributed by atoms with van der Waals surface area (Å²) in [6.07, 6.45) is 1.28. The van der Waals surface area contributed by atoms with E-state index in [0.717, 1.165) is 18.2 Å². The van der Waals surface area contributed by atoms with E-state index in [9.17, 15) is 8.78 Å². The third-order valence-electron chi connectivity index (χ3n) is 5.97. The Kier molecular flexibility index (Phi) is 3.23. The molecule has 1 aromatic rings. The lowest BCUT2D eigenvalue weighted by molar-refractivity contribution is -0.0220. The molecule has 1 saturated carbocycles. The van der Waals surface area contributed by atoms with Gasteiger partial charge in [-0.1, -0.05) is 19.1 Å². The normalized spacial score (nSPS) is 33.8. The average molecular weight is 306 g/mol. The minimum Gasteiger partial charge on any atom is -0.371 e. The Morgan fingerprint density at radius 2 is 1.82 bits per heavy atom. The number of piperidine rings is 2. The quantitative estimate of drug-likeness (QED) is 0.843. The third kappa shape index (κ3) is 2.32. The highest BCUT2D eigenvalue weighted by Crippen LogP contribution is 2.59. The fraction of sp³-hybridized carbons (Fsp3) is 0.667. The van der Waals surface area contributed by atoms with Crippen molar-refractivity contribution in [3.63, 3.8) is 0 Å². The molecular formula is C18H24F2N2. The number of hydrogen-bond donors (Lipinski definition) is 0. The maximum absolute atomic E-state index is 13.3. The van der Waals surface area contributed by atoms with Gasteiger partial charge in [0.05, 0.1) is 0 Å². The molecule has 120 valence electrons. The van der Waals surface area contributed by atoms with Crippen LogP contribution in [0, 0.1) is 5.92 Å². The Morgan fingerprint density at radius 1 is 1.14 bits per heavy atom. The van der Waals surface area contributed by atoms with Gasteiger partial charge < -0.3 is 9.80 Å². The van der Waals surface area contributed by atoms with Gasteiger partial charge in [0, 0.05) is 50.1 Å². The molecule has 4 heteroatoms. The number of rotatable bonds is 3. The number of alkyl halides is 2. The molecule has 0 bridgehead atoms. The summed E-state index contributed by atoms with van der Waals surface area (Å²) in [4.78, 5) is 4.63. The van der Waals surface area contributed by atoms with Crippen LogP contribution in [0.4, 0.5) is 14.5 Å². The molecule has 1 aliphatic carbocycles. The summed E-state index contributed by atoms with van der Waals surface area (Å²) in [6, 6.07) is 8.75. The smallest absolute Gasteiger partial charge is 0.251 e. The predicted molar refractivity (Wildman–Crippen MR) is 84.7 cm³/mol. The number of benzene rings is 1. The lowest BCUT2D eigenvalue weighted by Gasteiger charge is -2.33. The van der Waals surface area contributed by atoms with E-state index in [2.05, 4.69) is 41.0 Å². The first-order valence-corrected chi connectivity index (χ1v) is 8.48. The average Bonchev–Trinajstić information content (AvgIpc) is 3.09. The van der Waals surface area contributed by atoms with Crippen LogP contribution in [-0.4, -0.2) is 43.5 Å². The van der Waals surface area contributed by atoms with E-state index in [4.69, 9.17) is 0 Å². The summed E-state index contributed by atoms with van der Waals surface area (Å²) in [7, 11) is 0. The maximum Gasteiger partial charge on any atom is 0.251 e. The van der Waals surface area contributed by atoms with Gasteiger partial charge in [-0.3, -0.25) is 0 Å². The molecule has 3 aliphatic rings. The highest BCUT2D eigenvalue weighted by Gasteiger charge is 2.60. The van der Waals surface area contributed by atoms with Crippen molar-refractivity contribution in [3.8, 4) is 0 Å². The zero-order chi connectivity index (χ0) is 15.4. The summed E-state index contributed by atoms with van der Waals surface area (Å²) in [5.41, 5.74) is 2.93. The molecule has 0 radical (unpaired) electrons. The molecule has 0 N–H and O–H groups in total. The second-order valence-corrected chi connectivity index (χ2v) is 7.27. The van der Waals surface area contributed by atoms with Crippen LogP contribution in [0.15, 0.2) is 24.3 Å². The summed E-state index contributed by atoms with van der Waals surface area (Å²) in [5, 5.41) is 0. The van der Waals surface area contributed by atoms with Gasteiger partial charge >= 0.3 is 0 Å². The van der Waals surface area contributed by atoms with E-state index in [0.29, 0.717) is 18.5 Å². The van der Waals surface area contributed by atoms with Crippen molar-refractivity contribution >= 4 is 5.69 Å². The lowest BCUT2D eigenvalue weighted by atomic mass is 9.94. The first-order valence-electron chi connectivity index (χ1n) is 8.48. The summed E-state index contributed by atoms with van der Waals surface area (Å²) in [6.45, 7) is 6.71. The second-order valence-electron chi connectivity index (χ2n) is 7.27. The fourth-order valence-corrected chi connectivity index (χ4v) is 4.37. The van der Waals surface area contributed by atoms with Gasteiger partial charge in [0.15, 0.2) is 0 Å². The third-order valence-corrected chi connectivity index (χ3v) is 5.97. The van der Waals surface area contributed by atoms with Crippen LogP contribution in [0.5, 0.6) is 0 Å². The Morgan fingerprint density at radius 3 is 2.41 bits per heavy atom. The van der Waals surface area contributed by atoms with Crippen molar-refractivity contribution in [2.24, 2.45) is 5.92 Å². The highest BCUT2D eigenvalue weighted by atomic mass is 19.3. The molecule has 0 spiro atoms. The number of halogens is 2. The van der Waals surface area contributed by atoms with Crippen LogP contribution in [0.25, 0.3) is 0 Å². The number of fused-ring (bicyclic) bond motifs is 1. The van der Waals surface area contributed by atoms with Crippen LogP contribution >= 0.6 is 0 Å². The van der Waals surface area contributed by atoms with Gasteiger partial charge in [0.2, 0.25) is 0 Å². The van der Waals surface area contributed by atoms with E-state index in [1.165, 1.54) is 25.1 Å². The summed E-state index contributed by atoms with van der Waals surface area (Å²) in [5.74, 6) is -1.64. The van der Waals surface area contributed by atoms with Crippen molar-refractivity contribution < 1.29 is 8.78 Å². The van der Waals surface area contributed by atoms with E-state index in [1.54, 1.807) is 0 Å². The minimum absolute atomic E-state index is 0.0216. The van der Waals surface area contributed by atoms with Crippen LogP contribution in [0.3, 0.4) is 0 Å². The summed E-state index contributed by atoms with van der Waals surface area (Å²) < 4.78 is 26.5. The number of nitrogens with zero attached hydrogens (tertiary/aromatic N) is 2. The highest BCUT2D eigenvalue weighted by molar-refractivity contribution is 5.51. The first-order chi connectivity index (χ1) is 10.5. The molecule has 2 unspecified atom stereocenters. The Bertz CT molecular complexity index is 547. The number of likely N-dealkylation sites (N-methyl/N-ethyl adjacent to an activating group) is 1. The molecule has 2 atom stereocenters. The standard InChI is InChI=1S/C18H24F2N2/c1-2-21-12-15-11-17(15,13-21)14-3-5-16(6-4-14)22-9-7-18(19,20)8-10-22/h3-6,15H,2,7-13H2,1H3. The largest absolute Gasteiger partial charge is 0.371 e. The molecule has 0 amide bonds. The van der Waals surface area contributed by atoms with Crippen LogP contribution in [-0.2, 0) is 5.41 Å². The topological polar surface area (TPSA) is 6.48 Å². The van der Waals surface area contributed by atoms with Crippen LogP contribution in [0.2, 0.25) is 0 Å². The minimum atomic E-state index is -2.47. The summed E-state index contributed by atoms with van der Waals surface area (Å²) >= 11 is 0. The molecule has 3 fully saturated rings. The maximum atomic E-state index is 13.3. The number of anilines is 1. The Labute approximate surface area is 131 Å². The van der Waals surface area contributed by atoms with Gasteiger partial charge in [-0.15, -0.1) is 0 Å². The van der Waals surface area contributed by atoms with Crippen molar-refractivity contribution in [3.05, 3.63) is 29.8 Å². The van der Waals surface area contributed by atoms with E-state index >= 15 is 0 Å². The van der Waals surface area contributed by atoms with E-state index < -0.39 is 5.92 Å². The Balaban J connectivity index is 1.46. The van der Waals surface area contributed by atoms with Gasteiger partial charge in [-0.25, -0.2) is 8.78 Å². The zero-order valence-corrected chi connectivity index (χ0v) is 13.2. The van der Waals surface area contributed by atoms with E-state index in [1.807, 2.05) is 0 Å². The molecule has 2 saturated heterocycles. The van der Waals surface area contributed by atoms with Crippen LogP contribution < -0.4 is 4.90 Å². The number of likely N-dealkylation sites (tertiary alicyclic amines) is 1. The Hall–Kier alpha value is -1.16. The molecular weight excluding hydrogens is 282 g/mol. The predicted octanol–water partition coefficient (Wildman–Crippen LogP) is 3.52. The van der Waals surface area contributed by atoms with Crippen molar-refractivity contribution in [1.29, 1.82) is 0 Å². The molecule has 4 rings (SSSR count). The molecule has 22 heavy (non-hydrogen) atoms. The molecule has 2 heterocycles. The molecule has 1 aromatic carbocycles. The van der Waals surface area contributed by atoms with Gasteiger partial charge in [-0.2, -0.15) is 0 Å². The molecule has 2 aliphatic heterocycles. The lowest BCUT2D eigenvalue weighted by Crippen LogP contribution is -2.39. The fourth-order valence-electron chi connectivity index (χ4n) is 4.37. The van der Waals surface area contributed by atoms with Crippen molar-refractivity contribution in [2.75, 3.05) is 37.6 Å². The first kappa shape index (κ1) is 14.4. The van der Waals surface area contributed by atoms with Crippen molar-refractivity contribution in [1.82, 2.24) is 4.90 Å². The number of hydrogen-bond acceptors (Lipinski definition) is 2. The monoisotopic (exact) mass is 306 g/mol. The zero-order valence-electron chi connectivity index (χ0n) is 13.2. The van der Waals surface area contributed by atoms with Crippen molar-refractivity contribution in [2.45, 2.75) is 37.5 Å². The molecule has 0 aromatic heterocycles. The van der Waals surface area contributed by atoms with Gasteiger partial charge in [-0.05, 0) is 36.6 Å². The van der Waals surface area contributed by atoms with E-state index in [-0.39, 0.29) is 12.8 Å². The second kappa shape index (κ2) is 4.92. The van der Waals surface area contributed by atoms with Gasteiger partial charge in [0.25, 0.3) is 5.92 Å². The van der Waals surface area contributed by atoms with Crippen LogP contribution in [0.1, 0.15) is 31.7 Å². The SMILES string of the molecule is CCN1CC2CC2(c2ccc(N3CCC(F)(F)CC3)cc2)C1. The molecule has 2 nitrogen and oxygen atoms in total. The van der Waals surface area contributed by atoms with Gasteiger partial charge in [0.1, 0.15) is 0 Å².